The zero-order chi connectivity index (χ0) is 14.0. The van der Waals surface area contributed by atoms with Gasteiger partial charge in [0.1, 0.15) is 15.6 Å². The van der Waals surface area contributed by atoms with Crippen LogP contribution in [0.3, 0.4) is 0 Å². The predicted molar refractivity (Wildman–Crippen MR) is 73.6 cm³/mol. The molecule has 6 nitrogen and oxygen atoms in total. The Morgan fingerprint density at radius 2 is 2.32 bits per heavy atom. The fourth-order valence-electron chi connectivity index (χ4n) is 1.34. The first-order valence-electron chi connectivity index (χ1n) is 5.05. The van der Waals surface area contributed by atoms with Crippen molar-refractivity contribution in [2.24, 2.45) is 0 Å². The zero-order valence-corrected chi connectivity index (χ0v) is 12.9. The second-order valence-electron chi connectivity index (χ2n) is 3.49. The number of hydrogen-bond donors (Lipinski definition) is 1. The molecule has 0 unspecified atom stereocenters. The molecular weight excluding hydrogens is 332 g/mol. The van der Waals surface area contributed by atoms with Gasteiger partial charge in [-0.3, -0.25) is 4.79 Å². The molecule has 0 saturated heterocycles. The van der Waals surface area contributed by atoms with Gasteiger partial charge in [0.15, 0.2) is 5.15 Å². The van der Waals surface area contributed by atoms with Gasteiger partial charge in [0.05, 0.1) is 6.61 Å². The van der Waals surface area contributed by atoms with E-state index in [1.165, 1.54) is 17.1 Å². The van der Waals surface area contributed by atoms with Gasteiger partial charge in [-0.25, -0.2) is 13.1 Å². The maximum absolute atomic E-state index is 12.0. The molecule has 0 fully saturated rings. The molecule has 10 heteroatoms. The van der Waals surface area contributed by atoms with Gasteiger partial charge in [0.2, 0.25) is 0 Å². The van der Waals surface area contributed by atoms with Crippen LogP contribution in [-0.4, -0.2) is 31.1 Å². The summed E-state index contributed by atoms with van der Waals surface area (Å²) >= 11 is 7.80. The normalized spacial score (nSPS) is 16.1. The zero-order valence-electron chi connectivity index (χ0n) is 9.67. The molecule has 1 aliphatic heterocycles. The molecule has 0 aromatic carbocycles. The van der Waals surface area contributed by atoms with Crippen molar-refractivity contribution in [3.63, 3.8) is 0 Å². The first-order chi connectivity index (χ1) is 8.92. The van der Waals surface area contributed by atoms with Crippen LogP contribution in [0.2, 0.25) is 5.15 Å². The average molecular weight is 341 g/mol. The van der Waals surface area contributed by atoms with Crippen molar-refractivity contribution in [3.8, 4) is 0 Å². The topological polar surface area (TPSA) is 85.4 Å². The van der Waals surface area contributed by atoms with Crippen LogP contribution in [0.15, 0.2) is 20.9 Å². The van der Waals surface area contributed by atoms with Crippen LogP contribution in [0.4, 0.5) is 0 Å². The molecule has 0 saturated carbocycles. The third kappa shape index (κ3) is 3.22. The summed E-state index contributed by atoms with van der Waals surface area (Å²) in [5, 5.41) is 1.12. The van der Waals surface area contributed by atoms with Gasteiger partial charge in [-0.1, -0.05) is 11.6 Å². The maximum Gasteiger partial charge on any atom is 0.274 e. The van der Waals surface area contributed by atoms with Crippen LogP contribution >= 0.6 is 34.9 Å². The molecule has 0 atom stereocenters. The van der Waals surface area contributed by atoms with E-state index in [-0.39, 0.29) is 15.0 Å². The summed E-state index contributed by atoms with van der Waals surface area (Å²) in [5.74, 6) is 0.295. The molecule has 2 rings (SSSR count). The second-order valence-corrected chi connectivity index (χ2v) is 7.23. The molecule has 0 aliphatic carbocycles. The minimum atomic E-state index is -4.01. The highest BCUT2D eigenvalue weighted by atomic mass is 35.5. The number of amides is 1. The van der Waals surface area contributed by atoms with Gasteiger partial charge in [-0.05, 0) is 18.5 Å². The van der Waals surface area contributed by atoms with Crippen LogP contribution in [0.1, 0.15) is 6.92 Å². The number of rotatable bonds is 3. The summed E-state index contributed by atoms with van der Waals surface area (Å²) in [6.07, 6.45) is 0. The summed E-state index contributed by atoms with van der Waals surface area (Å²) in [6.45, 7) is 2.12. The monoisotopic (exact) mass is 340 g/mol. The largest absolute Gasteiger partial charge is 0.496 e. The van der Waals surface area contributed by atoms with Gasteiger partial charge in [0, 0.05) is 11.1 Å². The van der Waals surface area contributed by atoms with E-state index in [4.69, 9.17) is 16.3 Å². The highest BCUT2D eigenvalue weighted by Gasteiger charge is 2.26. The number of allylic oxidation sites excluding steroid dienone is 1. The van der Waals surface area contributed by atoms with E-state index < -0.39 is 15.9 Å². The van der Waals surface area contributed by atoms with E-state index in [2.05, 4.69) is 4.37 Å². The van der Waals surface area contributed by atoms with Crippen LogP contribution in [0, 0.1) is 0 Å². The van der Waals surface area contributed by atoms with Crippen molar-refractivity contribution < 1.29 is 17.9 Å². The standard InChI is InChI=1S/C9H9ClN2O4S3/c1-5-7(17-3-2-16-5)9(13)12-19(14,15)6-4-18-11-8(6)10/h4H,2-3H2,1H3,(H,12,13). The fourth-order valence-corrected chi connectivity index (χ4v) is 4.63. The summed E-state index contributed by atoms with van der Waals surface area (Å²) in [6, 6.07) is 0. The fraction of sp³-hybridized carbons (Fsp3) is 0.333. The van der Waals surface area contributed by atoms with E-state index in [0.29, 0.717) is 18.1 Å². The van der Waals surface area contributed by atoms with Gasteiger partial charge >= 0.3 is 0 Å². The number of carbonyl (C=O) groups is 1. The van der Waals surface area contributed by atoms with Crippen molar-refractivity contribution in [2.75, 3.05) is 12.4 Å². The minimum Gasteiger partial charge on any atom is -0.496 e. The number of carbonyl (C=O) groups excluding carboxylic acids is 1. The number of nitrogens with one attached hydrogen (secondary N) is 1. The van der Waals surface area contributed by atoms with Crippen molar-refractivity contribution >= 4 is 50.8 Å². The van der Waals surface area contributed by atoms with Crippen molar-refractivity contribution in [2.45, 2.75) is 11.8 Å². The number of ether oxygens (including phenoxy) is 1. The molecule has 19 heavy (non-hydrogen) atoms. The van der Waals surface area contributed by atoms with E-state index in [9.17, 15) is 13.2 Å². The highest BCUT2D eigenvalue weighted by Crippen LogP contribution is 2.27. The summed E-state index contributed by atoms with van der Waals surface area (Å²) in [5.41, 5.74) is 0. The Morgan fingerprint density at radius 3 is 2.89 bits per heavy atom. The quantitative estimate of drug-likeness (QED) is 0.899. The van der Waals surface area contributed by atoms with Gasteiger partial charge in [0.25, 0.3) is 15.9 Å². The smallest absolute Gasteiger partial charge is 0.274 e. The van der Waals surface area contributed by atoms with E-state index in [0.717, 1.165) is 11.5 Å². The Kier molecular flexibility index (Phi) is 4.39. The molecule has 1 amide bonds. The molecule has 0 spiro atoms. The van der Waals surface area contributed by atoms with Gasteiger partial charge in [-0.15, -0.1) is 11.8 Å². The highest BCUT2D eigenvalue weighted by molar-refractivity contribution is 8.04. The minimum absolute atomic E-state index is 0.149. The summed E-state index contributed by atoms with van der Waals surface area (Å²) < 4.78 is 34.7. The summed E-state index contributed by atoms with van der Waals surface area (Å²) in [4.78, 5) is 12.0. The molecule has 2 heterocycles. The lowest BCUT2D eigenvalue weighted by Crippen LogP contribution is -2.32. The van der Waals surface area contributed by atoms with Crippen LogP contribution in [-0.2, 0) is 19.6 Å². The molecule has 0 radical (unpaired) electrons. The molecule has 1 aromatic rings. The van der Waals surface area contributed by atoms with Crippen molar-refractivity contribution in [1.29, 1.82) is 0 Å². The maximum atomic E-state index is 12.0. The molecule has 1 N–H and O–H groups in total. The van der Waals surface area contributed by atoms with Crippen molar-refractivity contribution in [3.05, 3.63) is 21.2 Å². The number of sulfonamides is 1. The Morgan fingerprint density at radius 1 is 1.58 bits per heavy atom. The first-order valence-corrected chi connectivity index (χ1v) is 8.73. The number of thioether (sulfide) groups is 1. The van der Waals surface area contributed by atoms with Crippen LogP contribution < -0.4 is 4.72 Å². The molecule has 1 aliphatic rings. The number of aromatic nitrogens is 1. The lowest BCUT2D eigenvalue weighted by molar-refractivity contribution is -0.115. The second kappa shape index (κ2) is 5.70. The Hall–Kier alpha value is -0.770. The molecule has 0 bridgehead atoms. The van der Waals surface area contributed by atoms with Crippen molar-refractivity contribution in [1.82, 2.24) is 9.10 Å². The third-order valence-corrected chi connectivity index (χ3v) is 5.94. The van der Waals surface area contributed by atoms with Gasteiger partial charge < -0.3 is 4.74 Å². The van der Waals surface area contributed by atoms with E-state index in [1.807, 2.05) is 4.72 Å². The summed E-state index contributed by atoms with van der Waals surface area (Å²) in [7, 11) is -4.01. The number of nitrogens with zero attached hydrogens (tertiary/aromatic N) is 1. The van der Waals surface area contributed by atoms with E-state index in [1.54, 1.807) is 6.92 Å². The van der Waals surface area contributed by atoms with Gasteiger partial charge in [-0.2, -0.15) is 4.37 Å². The number of halogens is 1. The Balaban J connectivity index is 2.22. The SMILES string of the molecule is CC1=C(C(=O)NS(=O)(=O)c2csnc2Cl)SCCO1. The first kappa shape index (κ1) is 14.6. The number of hydrogen-bond acceptors (Lipinski definition) is 7. The Bertz CT molecular complexity index is 638. The van der Waals surface area contributed by atoms with Crippen LogP contribution in [0.25, 0.3) is 0 Å². The van der Waals surface area contributed by atoms with E-state index >= 15 is 0 Å². The molecule has 1 aromatic heterocycles. The predicted octanol–water partition coefficient (Wildman–Crippen LogP) is 1.60. The van der Waals surface area contributed by atoms with Crippen LogP contribution in [0.5, 0.6) is 0 Å². The molecular formula is C9H9ClN2O4S3. The lowest BCUT2D eigenvalue weighted by atomic mass is 10.4. The average Bonchev–Trinajstić information content (AvgIpc) is 2.76. The molecule has 104 valence electrons. The lowest BCUT2D eigenvalue weighted by Gasteiger charge is -2.17. The Labute approximate surface area is 123 Å². The third-order valence-electron chi connectivity index (χ3n) is 2.19.